The van der Waals surface area contributed by atoms with E-state index < -0.39 is 5.91 Å². The number of aryl methyl sites for hydroxylation is 3. The second kappa shape index (κ2) is 8.20. The number of amides is 1. The summed E-state index contributed by atoms with van der Waals surface area (Å²) in [5, 5.41) is 6.55. The molecular formula is C22H20N4O4. The molecule has 0 atom stereocenters. The number of carbonyl (C=O) groups excluding carboxylic acids is 1. The number of furan rings is 1. The second-order valence-electron chi connectivity index (χ2n) is 6.77. The largest absolute Gasteiger partial charge is 0.488 e. The maximum Gasteiger partial charge on any atom is 0.280 e. The summed E-state index contributed by atoms with van der Waals surface area (Å²) in [5.41, 5.74) is 3.28. The highest BCUT2D eigenvalue weighted by molar-refractivity contribution is 6.03. The van der Waals surface area contributed by atoms with E-state index in [4.69, 9.17) is 13.7 Å². The molecule has 152 valence electrons. The summed E-state index contributed by atoms with van der Waals surface area (Å²) in [5.74, 6) is 1.52. The first kappa shape index (κ1) is 19.4. The molecule has 0 saturated heterocycles. The Morgan fingerprint density at radius 3 is 2.63 bits per heavy atom. The summed E-state index contributed by atoms with van der Waals surface area (Å²) in [6.45, 7) is 5.83. The van der Waals surface area contributed by atoms with Crippen molar-refractivity contribution < 1.29 is 18.5 Å². The number of anilines is 1. The van der Waals surface area contributed by atoms with E-state index in [2.05, 4.69) is 20.4 Å². The summed E-state index contributed by atoms with van der Waals surface area (Å²) in [6, 6.07) is 11.1. The fraction of sp³-hybridized carbons (Fsp3) is 0.182. The van der Waals surface area contributed by atoms with E-state index in [1.807, 2.05) is 32.0 Å². The van der Waals surface area contributed by atoms with Gasteiger partial charge < -0.3 is 13.7 Å². The smallest absolute Gasteiger partial charge is 0.280 e. The molecule has 3 heterocycles. The maximum absolute atomic E-state index is 12.8. The first-order chi connectivity index (χ1) is 14.5. The van der Waals surface area contributed by atoms with Gasteiger partial charge in [-0.15, -0.1) is 0 Å². The van der Waals surface area contributed by atoms with Gasteiger partial charge in [-0.1, -0.05) is 23.4 Å². The lowest BCUT2D eigenvalue weighted by Gasteiger charge is -2.12. The average Bonchev–Trinajstić information content (AvgIpc) is 3.38. The van der Waals surface area contributed by atoms with Gasteiger partial charge in [0.1, 0.15) is 23.8 Å². The van der Waals surface area contributed by atoms with E-state index in [1.165, 1.54) is 0 Å². The highest BCUT2D eigenvalue weighted by atomic mass is 16.5. The molecule has 0 bridgehead atoms. The van der Waals surface area contributed by atoms with E-state index >= 15 is 0 Å². The molecule has 0 aliphatic carbocycles. The van der Waals surface area contributed by atoms with E-state index in [0.717, 1.165) is 16.9 Å². The van der Waals surface area contributed by atoms with Gasteiger partial charge >= 0.3 is 0 Å². The van der Waals surface area contributed by atoms with Crippen LogP contribution in [0.5, 0.6) is 5.75 Å². The lowest BCUT2D eigenvalue weighted by atomic mass is 10.1. The van der Waals surface area contributed by atoms with Crippen molar-refractivity contribution in [1.29, 1.82) is 0 Å². The van der Waals surface area contributed by atoms with Crippen molar-refractivity contribution in [3.8, 4) is 17.2 Å². The Morgan fingerprint density at radius 2 is 1.90 bits per heavy atom. The molecule has 4 aromatic rings. The van der Waals surface area contributed by atoms with Crippen LogP contribution in [0.25, 0.3) is 11.5 Å². The van der Waals surface area contributed by atoms with Crippen LogP contribution in [0, 0.1) is 20.8 Å². The molecule has 8 heteroatoms. The Bertz CT molecular complexity index is 1160. The number of nitrogens with zero attached hydrogens (tertiary/aromatic N) is 3. The number of ether oxygens (including phenoxy) is 1. The molecule has 0 unspecified atom stereocenters. The topological polar surface area (TPSA) is 103 Å². The van der Waals surface area contributed by atoms with Gasteiger partial charge in [0.2, 0.25) is 5.95 Å². The quantitative estimate of drug-likeness (QED) is 0.505. The second-order valence-corrected chi connectivity index (χ2v) is 6.77. The van der Waals surface area contributed by atoms with Crippen LogP contribution in [0.2, 0.25) is 0 Å². The van der Waals surface area contributed by atoms with Crippen LogP contribution in [0.4, 0.5) is 5.95 Å². The van der Waals surface area contributed by atoms with Crippen molar-refractivity contribution in [1.82, 2.24) is 15.1 Å². The third-order valence-electron chi connectivity index (χ3n) is 4.62. The Labute approximate surface area is 172 Å². The number of hydrogen-bond donors (Lipinski definition) is 1. The average molecular weight is 404 g/mol. The number of rotatable bonds is 6. The monoisotopic (exact) mass is 404 g/mol. The van der Waals surface area contributed by atoms with Crippen LogP contribution >= 0.6 is 0 Å². The number of para-hydroxylation sites is 1. The molecule has 0 spiro atoms. The number of aromatic nitrogens is 3. The summed E-state index contributed by atoms with van der Waals surface area (Å²) >= 11 is 0. The minimum absolute atomic E-state index is 0.130. The zero-order valence-corrected chi connectivity index (χ0v) is 16.8. The van der Waals surface area contributed by atoms with Crippen molar-refractivity contribution in [2.45, 2.75) is 27.4 Å². The lowest BCUT2D eigenvalue weighted by molar-refractivity contribution is 0.101. The van der Waals surface area contributed by atoms with Crippen LogP contribution in [0.3, 0.4) is 0 Å². The van der Waals surface area contributed by atoms with E-state index in [9.17, 15) is 4.79 Å². The molecule has 0 radical (unpaired) electrons. The van der Waals surface area contributed by atoms with E-state index in [1.54, 1.807) is 37.6 Å². The Hall–Kier alpha value is -3.94. The van der Waals surface area contributed by atoms with Gasteiger partial charge in [-0.2, -0.15) is 0 Å². The molecule has 0 saturated carbocycles. The highest BCUT2D eigenvalue weighted by Crippen LogP contribution is 2.25. The summed E-state index contributed by atoms with van der Waals surface area (Å²) < 4.78 is 16.6. The number of benzene rings is 1. The molecule has 4 rings (SSSR count). The van der Waals surface area contributed by atoms with Gasteiger partial charge in [0, 0.05) is 6.20 Å². The van der Waals surface area contributed by atoms with Gasteiger partial charge in [-0.05, 0) is 50.1 Å². The lowest BCUT2D eigenvalue weighted by Crippen LogP contribution is -2.17. The SMILES string of the molecule is Cc1cccc(C)c1OCc1c(C(=O)Nc2nccc(-c3ccco3)n2)noc1C. The third-order valence-corrected chi connectivity index (χ3v) is 4.62. The summed E-state index contributed by atoms with van der Waals surface area (Å²) in [7, 11) is 0. The zero-order valence-electron chi connectivity index (χ0n) is 16.8. The molecule has 8 nitrogen and oxygen atoms in total. The number of nitrogens with one attached hydrogen (secondary N) is 1. The fourth-order valence-electron chi connectivity index (χ4n) is 3.05. The third kappa shape index (κ3) is 3.93. The van der Waals surface area contributed by atoms with Crippen molar-refractivity contribution in [3.05, 3.63) is 77.0 Å². The Kier molecular flexibility index (Phi) is 5.30. The van der Waals surface area contributed by atoms with Crippen molar-refractivity contribution in [2.75, 3.05) is 5.32 Å². The summed E-state index contributed by atoms with van der Waals surface area (Å²) in [6.07, 6.45) is 3.09. The molecule has 1 aromatic carbocycles. The van der Waals surface area contributed by atoms with Crippen LogP contribution in [0.15, 0.2) is 57.8 Å². The number of carbonyl (C=O) groups is 1. The first-order valence-corrected chi connectivity index (χ1v) is 9.35. The minimum Gasteiger partial charge on any atom is -0.488 e. The van der Waals surface area contributed by atoms with Crippen molar-refractivity contribution in [3.63, 3.8) is 0 Å². The molecule has 0 aliphatic rings. The molecule has 3 aromatic heterocycles. The first-order valence-electron chi connectivity index (χ1n) is 9.35. The molecule has 1 amide bonds. The molecule has 1 N–H and O–H groups in total. The van der Waals surface area contributed by atoms with Gasteiger partial charge in [-0.3, -0.25) is 10.1 Å². The summed E-state index contributed by atoms with van der Waals surface area (Å²) in [4.78, 5) is 21.2. The maximum atomic E-state index is 12.8. The highest BCUT2D eigenvalue weighted by Gasteiger charge is 2.22. The fourth-order valence-corrected chi connectivity index (χ4v) is 3.05. The normalized spacial score (nSPS) is 10.8. The molecule has 30 heavy (non-hydrogen) atoms. The number of hydrogen-bond acceptors (Lipinski definition) is 7. The van der Waals surface area contributed by atoms with Crippen molar-refractivity contribution in [2.24, 2.45) is 0 Å². The van der Waals surface area contributed by atoms with Gasteiger partial charge in [0.25, 0.3) is 5.91 Å². The standard InChI is InChI=1S/C22H20N4O4/c1-13-6-4-7-14(2)20(13)29-12-16-15(3)30-26-19(16)21(27)25-22-23-10-9-17(24-22)18-8-5-11-28-18/h4-11H,12H2,1-3H3,(H,23,24,25,27). The predicted molar refractivity (Wildman–Crippen MR) is 109 cm³/mol. The Morgan fingerprint density at radius 1 is 1.10 bits per heavy atom. The van der Waals surface area contributed by atoms with Gasteiger partial charge in [-0.25, -0.2) is 9.97 Å². The van der Waals surface area contributed by atoms with Gasteiger partial charge in [0.05, 0.1) is 11.8 Å². The molecule has 0 fully saturated rings. The predicted octanol–water partition coefficient (Wildman–Crippen LogP) is 4.48. The van der Waals surface area contributed by atoms with Crippen LogP contribution in [-0.4, -0.2) is 21.0 Å². The molecular weight excluding hydrogens is 384 g/mol. The zero-order chi connectivity index (χ0) is 21.1. The van der Waals surface area contributed by atoms with E-state index in [-0.39, 0.29) is 18.2 Å². The van der Waals surface area contributed by atoms with Crippen LogP contribution in [0.1, 0.15) is 32.9 Å². The van der Waals surface area contributed by atoms with Crippen LogP contribution < -0.4 is 10.1 Å². The molecule has 0 aliphatic heterocycles. The van der Waals surface area contributed by atoms with Crippen LogP contribution in [-0.2, 0) is 6.61 Å². The van der Waals surface area contributed by atoms with Gasteiger partial charge in [0.15, 0.2) is 11.5 Å². The van der Waals surface area contributed by atoms with E-state index in [0.29, 0.717) is 22.8 Å². The van der Waals surface area contributed by atoms with Crippen molar-refractivity contribution >= 4 is 11.9 Å². The minimum atomic E-state index is -0.483. The Balaban J connectivity index is 1.52.